The van der Waals surface area contributed by atoms with Gasteiger partial charge in [-0.1, -0.05) is 64.9 Å². The molecule has 0 saturated carbocycles. The second-order valence-electron chi connectivity index (χ2n) is 7.59. The predicted molar refractivity (Wildman–Crippen MR) is 132 cm³/mol. The van der Waals surface area contributed by atoms with Gasteiger partial charge in [-0.2, -0.15) is 9.78 Å². The second-order valence-corrected chi connectivity index (χ2v) is 9.25. The first kappa shape index (κ1) is 21.0. The molecule has 0 bridgehead atoms. The number of fused-ring (bicyclic) bond motifs is 2. The molecule has 0 spiro atoms. The van der Waals surface area contributed by atoms with Crippen molar-refractivity contribution in [2.75, 3.05) is 5.32 Å². The Morgan fingerprint density at radius 2 is 1.70 bits per heavy atom. The third-order valence-corrected chi connectivity index (χ3v) is 6.70. The van der Waals surface area contributed by atoms with E-state index in [1.54, 1.807) is 54.7 Å². The third kappa shape index (κ3) is 3.68. The maximum absolute atomic E-state index is 13.5. The Morgan fingerprint density at radius 1 is 1.00 bits per heavy atom. The number of aromatic hydroxyl groups is 1. The fourth-order valence-corrected chi connectivity index (χ4v) is 4.82. The van der Waals surface area contributed by atoms with Crippen LogP contribution in [0.5, 0.6) is 5.75 Å². The van der Waals surface area contributed by atoms with Crippen molar-refractivity contribution in [3.05, 3.63) is 99.8 Å². The molecular weight excluding hydrogens is 440 g/mol. The molecule has 8 nitrogen and oxygen atoms in total. The van der Waals surface area contributed by atoms with Crippen LogP contribution in [-0.4, -0.2) is 30.9 Å². The van der Waals surface area contributed by atoms with Crippen LogP contribution in [0.2, 0.25) is 0 Å². The van der Waals surface area contributed by atoms with Crippen LogP contribution >= 0.6 is 10.8 Å². The molecule has 9 heteroatoms. The lowest BCUT2D eigenvalue weighted by atomic mass is 10.1. The van der Waals surface area contributed by atoms with Gasteiger partial charge in [0.2, 0.25) is 0 Å². The van der Waals surface area contributed by atoms with E-state index in [2.05, 4.69) is 14.8 Å². The molecule has 166 valence electrons. The van der Waals surface area contributed by atoms with E-state index >= 15 is 0 Å². The van der Waals surface area contributed by atoms with Gasteiger partial charge in [-0.3, -0.25) is 13.9 Å². The highest BCUT2D eigenvalue weighted by Crippen LogP contribution is 2.55. The number of hydrogen-bond acceptors (Lipinski definition) is 7. The third-order valence-electron chi connectivity index (χ3n) is 5.32. The van der Waals surface area contributed by atoms with Gasteiger partial charge < -0.3 is 10.4 Å². The van der Waals surface area contributed by atoms with Gasteiger partial charge in [0.25, 0.3) is 5.56 Å². The summed E-state index contributed by atoms with van der Waals surface area (Å²) < 4.78 is 26.3. The Kier molecular flexibility index (Phi) is 5.01. The van der Waals surface area contributed by atoms with Crippen molar-refractivity contribution in [3.63, 3.8) is 0 Å². The molecule has 0 aliphatic carbocycles. The molecule has 0 saturated heterocycles. The van der Waals surface area contributed by atoms with Crippen LogP contribution in [-0.2, 0) is 0 Å². The highest BCUT2D eigenvalue weighted by Gasteiger charge is 2.30. The number of aryl methyl sites for hydroxylation is 1. The minimum absolute atomic E-state index is 0.138. The summed E-state index contributed by atoms with van der Waals surface area (Å²) in [4.78, 5) is 13.7. The van der Waals surface area contributed by atoms with E-state index in [-0.39, 0.29) is 22.0 Å². The first-order valence-corrected chi connectivity index (χ1v) is 11.6. The summed E-state index contributed by atoms with van der Waals surface area (Å²) in [5, 5.41) is 18.7. The zero-order chi connectivity index (χ0) is 23.2. The van der Waals surface area contributed by atoms with E-state index in [9.17, 15) is 19.0 Å². The normalized spacial score (nSPS) is 15.7. The average Bonchev–Trinajstić information content (AvgIpc) is 2.80. The first-order chi connectivity index (χ1) is 15.8. The number of aromatic nitrogens is 1. The van der Waals surface area contributed by atoms with Gasteiger partial charge in [-0.15, -0.1) is 4.40 Å². The number of rotatable bonds is 3. The summed E-state index contributed by atoms with van der Waals surface area (Å²) in [6, 6.07) is 21.0. The Balaban J connectivity index is 1.72. The monoisotopic (exact) mass is 460 g/mol. The maximum Gasteiger partial charge on any atom is 0.286 e. The van der Waals surface area contributed by atoms with Crippen molar-refractivity contribution >= 4 is 39.4 Å². The quantitative estimate of drug-likeness (QED) is 0.328. The highest BCUT2D eigenvalue weighted by atomic mass is 32.3. The fourth-order valence-electron chi connectivity index (χ4n) is 3.66. The van der Waals surface area contributed by atoms with Crippen LogP contribution in [0.15, 0.2) is 92.0 Å². The van der Waals surface area contributed by atoms with Crippen LogP contribution in [0.3, 0.4) is 0 Å². The Hall–Kier alpha value is -3.92. The van der Waals surface area contributed by atoms with E-state index in [0.29, 0.717) is 16.6 Å². The fraction of sp³-hybridized carbons (Fsp3) is 0.0417. The van der Waals surface area contributed by atoms with Crippen molar-refractivity contribution in [1.29, 1.82) is 0 Å². The summed E-state index contributed by atoms with van der Waals surface area (Å²) >= 11 is 0. The Labute approximate surface area is 190 Å². The number of nitrogens with zero attached hydrogens (tertiary/aromatic N) is 3. The molecule has 33 heavy (non-hydrogen) atoms. The van der Waals surface area contributed by atoms with Crippen molar-refractivity contribution < 1.29 is 14.2 Å². The molecule has 4 aromatic rings. The van der Waals surface area contributed by atoms with Gasteiger partial charge in [-0.05, 0) is 36.8 Å². The predicted octanol–water partition coefficient (Wildman–Crippen LogP) is 4.79. The molecule has 1 aliphatic rings. The van der Waals surface area contributed by atoms with Gasteiger partial charge in [0.1, 0.15) is 16.2 Å². The molecule has 2 heterocycles. The zero-order valence-corrected chi connectivity index (χ0v) is 18.3. The van der Waals surface area contributed by atoms with Crippen LogP contribution in [0.4, 0.5) is 5.69 Å². The minimum atomic E-state index is -3.57. The molecule has 0 radical (unpaired) electrons. The molecule has 3 aromatic carbocycles. The number of pyridine rings is 1. The van der Waals surface area contributed by atoms with Crippen molar-refractivity contribution in [2.24, 2.45) is 9.50 Å². The lowest BCUT2D eigenvalue weighted by Crippen LogP contribution is -2.31. The standard InChI is InChI=1S/C24H20N4O4S/c1-15-10-12-16(13-11-15)14-25-28-19-8-4-2-6-17(19)22(29)21(24(28)30)23-26-18-7-3-5-9-20(18)33(31,32)27-23/h2-14,29,31-32H,1H3,(H,26,27). The highest BCUT2D eigenvalue weighted by molar-refractivity contribution is 8.23. The molecule has 5 rings (SSSR count). The van der Waals surface area contributed by atoms with Crippen LogP contribution in [0, 0.1) is 6.92 Å². The van der Waals surface area contributed by atoms with Crippen molar-refractivity contribution in [2.45, 2.75) is 11.8 Å². The number of para-hydroxylation sites is 2. The first-order valence-electron chi connectivity index (χ1n) is 10.1. The van der Waals surface area contributed by atoms with Gasteiger partial charge in [0, 0.05) is 5.39 Å². The summed E-state index contributed by atoms with van der Waals surface area (Å²) in [6.07, 6.45) is 1.55. The summed E-state index contributed by atoms with van der Waals surface area (Å²) in [5.74, 6) is -0.459. The molecule has 0 amide bonds. The second kappa shape index (κ2) is 7.89. The van der Waals surface area contributed by atoms with Crippen LogP contribution in [0.1, 0.15) is 16.7 Å². The van der Waals surface area contributed by atoms with E-state index in [4.69, 9.17) is 0 Å². The van der Waals surface area contributed by atoms with Gasteiger partial charge in [0.15, 0.2) is 5.84 Å². The zero-order valence-electron chi connectivity index (χ0n) is 17.5. The summed E-state index contributed by atoms with van der Waals surface area (Å²) in [7, 11) is -3.57. The molecule has 0 fully saturated rings. The topological polar surface area (TPSA) is 119 Å². The number of amidine groups is 1. The maximum atomic E-state index is 13.5. The van der Waals surface area contributed by atoms with E-state index in [1.165, 1.54) is 4.68 Å². The minimum Gasteiger partial charge on any atom is -0.506 e. The number of nitrogens with one attached hydrogen (secondary N) is 1. The average molecular weight is 461 g/mol. The van der Waals surface area contributed by atoms with Gasteiger partial charge in [0.05, 0.1) is 17.4 Å². The molecule has 1 aromatic heterocycles. The van der Waals surface area contributed by atoms with Gasteiger partial charge >= 0.3 is 0 Å². The van der Waals surface area contributed by atoms with Crippen LogP contribution < -0.4 is 10.9 Å². The Morgan fingerprint density at radius 3 is 2.48 bits per heavy atom. The van der Waals surface area contributed by atoms with Gasteiger partial charge in [-0.25, -0.2) is 0 Å². The SMILES string of the molecule is Cc1ccc(C=Nn2c(=O)c(C3=NS(O)(O)c4ccccc4N3)c(O)c3ccccc32)cc1. The van der Waals surface area contributed by atoms with Crippen molar-refractivity contribution in [1.82, 2.24) is 4.68 Å². The molecule has 0 unspecified atom stereocenters. The smallest absolute Gasteiger partial charge is 0.286 e. The summed E-state index contributed by atoms with van der Waals surface area (Å²) in [6.45, 7) is 1.98. The van der Waals surface area contributed by atoms with E-state index in [0.717, 1.165) is 11.1 Å². The largest absolute Gasteiger partial charge is 0.506 e. The summed E-state index contributed by atoms with van der Waals surface area (Å²) in [5.41, 5.74) is 1.82. The van der Waals surface area contributed by atoms with E-state index in [1.807, 2.05) is 31.2 Å². The number of anilines is 1. The molecular formula is C24H20N4O4S. The number of hydrogen-bond donors (Lipinski definition) is 4. The molecule has 0 atom stereocenters. The van der Waals surface area contributed by atoms with Crippen molar-refractivity contribution in [3.8, 4) is 5.75 Å². The van der Waals surface area contributed by atoms with E-state index < -0.39 is 16.3 Å². The lowest BCUT2D eigenvalue weighted by molar-refractivity contribution is 0.478. The molecule has 1 aliphatic heterocycles. The lowest BCUT2D eigenvalue weighted by Gasteiger charge is -2.34. The Bertz CT molecular complexity index is 1510. The number of benzene rings is 3. The molecule has 4 N–H and O–H groups in total. The van der Waals surface area contributed by atoms with Crippen LogP contribution in [0.25, 0.3) is 10.9 Å².